The molecule has 2 aromatic carbocycles. The summed E-state index contributed by atoms with van der Waals surface area (Å²) in [5.41, 5.74) is 3.48. The number of halogens is 2. The summed E-state index contributed by atoms with van der Waals surface area (Å²) in [6.45, 7) is 3.91. The molecule has 3 aromatic rings. The molecule has 0 atom stereocenters. The second-order valence-corrected chi connectivity index (χ2v) is 5.72. The molecule has 0 radical (unpaired) electrons. The van der Waals surface area contributed by atoms with Crippen molar-refractivity contribution < 1.29 is 9.18 Å². The number of hydrogen-bond donors (Lipinski definition) is 1. The molecule has 1 aromatic heterocycles. The summed E-state index contributed by atoms with van der Waals surface area (Å²) < 4.78 is 13.2. The summed E-state index contributed by atoms with van der Waals surface area (Å²) in [7, 11) is 0. The molecule has 0 fully saturated rings. The molecular formula is C18H14ClFN2O. The first-order chi connectivity index (χ1) is 11.0. The van der Waals surface area contributed by atoms with Gasteiger partial charge in [-0.15, -0.1) is 0 Å². The lowest BCUT2D eigenvalue weighted by molar-refractivity contribution is 0.102. The number of hydrogen-bond acceptors (Lipinski definition) is 2. The van der Waals surface area contributed by atoms with Crippen LogP contribution in [0.1, 0.15) is 21.5 Å². The van der Waals surface area contributed by atoms with E-state index in [0.717, 1.165) is 16.8 Å². The lowest BCUT2D eigenvalue weighted by Crippen LogP contribution is -2.14. The van der Waals surface area contributed by atoms with Crippen LogP contribution in [0, 0.1) is 19.7 Å². The van der Waals surface area contributed by atoms with E-state index in [9.17, 15) is 9.18 Å². The maximum absolute atomic E-state index is 13.2. The zero-order chi connectivity index (χ0) is 16.6. The zero-order valence-corrected chi connectivity index (χ0v) is 13.4. The van der Waals surface area contributed by atoms with Gasteiger partial charge in [0.15, 0.2) is 0 Å². The summed E-state index contributed by atoms with van der Waals surface area (Å²) in [4.78, 5) is 16.6. The van der Waals surface area contributed by atoms with Crippen LogP contribution in [0.15, 0.2) is 42.5 Å². The van der Waals surface area contributed by atoms with Crippen LogP contribution in [0.2, 0.25) is 5.15 Å². The molecule has 1 heterocycles. The van der Waals surface area contributed by atoms with Crippen molar-refractivity contribution in [2.75, 3.05) is 5.32 Å². The fourth-order valence-electron chi connectivity index (χ4n) is 2.35. The van der Waals surface area contributed by atoms with Gasteiger partial charge in [0.2, 0.25) is 0 Å². The first kappa shape index (κ1) is 15.4. The van der Waals surface area contributed by atoms with E-state index in [1.165, 1.54) is 12.1 Å². The number of anilines is 1. The Morgan fingerprint density at radius 1 is 1.17 bits per heavy atom. The van der Waals surface area contributed by atoms with Gasteiger partial charge in [0.05, 0.1) is 11.1 Å². The Morgan fingerprint density at radius 2 is 1.96 bits per heavy atom. The first-order valence-corrected chi connectivity index (χ1v) is 7.47. The molecule has 5 heteroatoms. The van der Waals surface area contributed by atoms with E-state index in [1.54, 1.807) is 12.1 Å². The minimum absolute atomic E-state index is 0.0471. The van der Waals surface area contributed by atoms with E-state index in [4.69, 9.17) is 11.6 Å². The predicted molar refractivity (Wildman–Crippen MR) is 90.6 cm³/mol. The summed E-state index contributed by atoms with van der Waals surface area (Å²) in [6, 6.07) is 11.5. The number of carbonyl (C=O) groups excluding carboxylic acids is 1. The van der Waals surface area contributed by atoms with Gasteiger partial charge in [-0.05, 0) is 49.2 Å². The number of nitrogens with one attached hydrogen (secondary N) is 1. The van der Waals surface area contributed by atoms with Gasteiger partial charge in [0.25, 0.3) is 5.91 Å². The van der Waals surface area contributed by atoms with Crippen LogP contribution >= 0.6 is 11.6 Å². The van der Waals surface area contributed by atoms with Gasteiger partial charge in [-0.25, -0.2) is 9.37 Å². The van der Waals surface area contributed by atoms with Gasteiger partial charge in [-0.2, -0.15) is 0 Å². The fourth-order valence-corrected chi connectivity index (χ4v) is 2.58. The molecule has 1 amide bonds. The molecule has 0 bridgehead atoms. The lowest BCUT2D eigenvalue weighted by atomic mass is 10.1. The third kappa shape index (κ3) is 3.03. The molecule has 3 nitrogen and oxygen atoms in total. The highest BCUT2D eigenvalue weighted by Crippen LogP contribution is 2.24. The van der Waals surface area contributed by atoms with Gasteiger partial charge < -0.3 is 5.32 Å². The van der Waals surface area contributed by atoms with Crippen molar-refractivity contribution in [3.63, 3.8) is 0 Å². The molecule has 116 valence electrons. The first-order valence-electron chi connectivity index (χ1n) is 7.09. The smallest absolute Gasteiger partial charge is 0.258 e. The zero-order valence-electron chi connectivity index (χ0n) is 12.7. The fraction of sp³-hybridized carbons (Fsp3) is 0.111. The average Bonchev–Trinajstić information content (AvgIpc) is 2.51. The molecule has 0 saturated heterocycles. The van der Waals surface area contributed by atoms with Gasteiger partial charge >= 0.3 is 0 Å². The number of benzene rings is 2. The van der Waals surface area contributed by atoms with Gasteiger partial charge in [0.1, 0.15) is 11.0 Å². The van der Waals surface area contributed by atoms with Crippen LogP contribution in [0.25, 0.3) is 10.9 Å². The van der Waals surface area contributed by atoms with Gasteiger partial charge in [-0.3, -0.25) is 4.79 Å². The third-order valence-electron chi connectivity index (χ3n) is 3.83. The lowest BCUT2D eigenvalue weighted by Gasteiger charge is -2.11. The van der Waals surface area contributed by atoms with Crippen molar-refractivity contribution in [1.29, 1.82) is 0 Å². The number of rotatable bonds is 2. The maximum atomic E-state index is 13.2. The van der Waals surface area contributed by atoms with E-state index in [2.05, 4.69) is 10.3 Å². The minimum atomic E-state index is -0.395. The number of aromatic nitrogens is 1. The van der Waals surface area contributed by atoms with E-state index in [0.29, 0.717) is 10.9 Å². The van der Waals surface area contributed by atoms with Crippen molar-refractivity contribution in [2.24, 2.45) is 0 Å². The Balaban J connectivity index is 1.99. The normalized spacial score (nSPS) is 10.8. The number of amides is 1. The van der Waals surface area contributed by atoms with Crippen LogP contribution in [-0.2, 0) is 0 Å². The van der Waals surface area contributed by atoms with Crippen molar-refractivity contribution in [3.05, 3.63) is 70.1 Å². The highest BCUT2D eigenvalue weighted by molar-refractivity contribution is 6.33. The average molecular weight is 329 g/mol. The van der Waals surface area contributed by atoms with Crippen molar-refractivity contribution in [3.8, 4) is 0 Å². The van der Waals surface area contributed by atoms with Gasteiger partial charge in [0, 0.05) is 17.1 Å². The maximum Gasteiger partial charge on any atom is 0.258 e. The monoisotopic (exact) mass is 328 g/mol. The van der Waals surface area contributed by atoms with E-state index in [-0.39, 0.29) is 16.6 Å². The van der Waals surface area contributed by atoms with Crippen LogP contribution in [0.3, 0.4) is 0 Å². The second kappa shape index (κ2) is 5.97. The molecule has 1 N–H and O–H groups in total. The second-order valence-electron chi connectivity index (χ2n) is 5.37. The molecule has 0 saturated carbocycles. The summed E-state index contributed by atoms with van der Waals surface area (Å²) in [5, 5.41) is 3.55. The minimum Gasteiger partial charge on any atom is -0.322 e. The number of nitrogens with zero attached hydrogens (tertiary/aromatic N) is 1. The molecule has 23 heavy (non-hydrogen) atoms. The number of aryl methyl sites for hydroxylation is 1. The third-order valence-corrected chi connectivity index (χ3v) is 4.12. The Bertz CT molecular complexity index is 924. The molecule has 0 aliphatic rings. The SMILES string of the molecule is Cc1cccc(NC(=O)c2cc3ccc(F)cc3nc2Cl)c1C. The highest BCUT2D eigenvalue weighted by atomic mass is 35.5. The predicted octanol–water partition coefficient (Wildman–Crippen LogP) is 4.90. The Morgan fingerprint density at radius 3 is 2.74 bits per heavy atom. The van der Waals surface area contributed by atoms with Crippen molar-refractivity contribution in [2.45, 2.75) is 13.8 Å². The Labute approximate surface area is 138 Å². The summed E-state index contributed by atoms with van der Waals surface area (Å²) >= 11 is 6.09. The molecule has 0 spiro atoms. The van der Waals surface area contributed by atoms with E-state index < -0.39 is 5.82 Å². The van der Waals surface area contributed by atoms with Crippen LogP contribution in [0.4, 0.5) is 10.1 Å². The largest absolute Gasteiger partial charge is 0.322 e. The van der Waals surface area contributed by atoms with E-state index >= 15 is 0 Å². The number of carbonyl (C=O) groups is 1. The van der Waals surface area contributed by atoms with Crippen LogP contribution < -0.4 is 5.32 Å². The van der Waals surface area contributed by atoms with E-state index in [1.807, 2.05) is 32.0 Å². The Hall–Kier alpha value is -2.46. The molecule has 0 aliphatic heterocycles. The van der Waals surface area contributed by atoms with Crippen molar-refractivity contribution >= 4 is 34.1 Å². The topological polar surface area (TPSA) is 42.0 Å². The number of pyridine rings is 1. The molecular weight excluding hydrogens is 315 g/mol. The van der Waals surface area contributed by atoms with Crippen LogP contribution in [0.5, 0.6) is 0 Å². The summed E-state index contributed by atoms with van der Waals surface area (Å²) in [5.74, 6) is -0.740. The highest BCUT2D eigenvalue weighted by Gasteiger charge is 2.15. The Kier molecular flexibility index (Phi) is 4.01. The number of fused-ring (bicyclic) bond motifs is 1. The molecule has 3 rings (SSSR count). The van der Waals surface area contributed by atoms with Gasteiger partial charge in [-0.1, -0.05) is 23.7 Å². The quantitative estimate of drug-likeness (QED) is 0.680. The molecule has 0 aliphatic carbocycles. The molecule has 0 unspecified atom stereocenters. The standard InChI is InChI=1S/C18H14ClFN2O/c1-10-4-3-5-15(11(10)2)22-18(23)14-8-12-6-7-13(20)9-16(12)21-17(14)19/h3-9H,1-2H3,(H,22,23). The summed E-state index contributed by atoms with van der Waals surface area (Å²) in [6.07, 6.45) is 0. The van der Waals surface area contributed by atoms with Crippen molar-refractivity contribution in [1.82, 2.24) is 4.98 Å². The van der Waals surface area contributed by atoms with Crippen LogP contribution in [-0.4, -0.2) is 10.9 Å².